The zero-order chi connectivity index (χ0) is 27.1. The molecule has 1 aromatic heterocycles. The maximum atomic E-state index is 13.9. The lowest BCUT2D eigenvalue weighted by molar-refractivity contribution is -0.262. The molecule has 0 aliphatic carbocycles. The molecular formula is C29H32F3N3O3. The van der Waals surface area contributed by atoms with Crippen molar-refractivity contribution in [2.75, 3.05) is 31.1 Å². The van der Waals surface area contributed by atoms with Gasteiger partial charge in [0.15, 0.2) is 0 Å². The van der Waals surface area contributed by atoms with E-state index in [0.717, 1.165) is 49.1 Å². The maximum Gasteiger partial charge on any atom is 0.430 e. The van der Waals surface area contributed by atoms with Gasteiger partial charge in [-0.3, -0.25) is 9.59 Å². The summed E-state index contributed by atoms with van der Waals surface area (Å²) in [5, 5.41) is 12.3. The lowest BCUT2D eigenvalue weighted by Crippen LogP contribution is -2.57. The number of aromatic nitrogens is 1. The third-order valence-corrected chi connectivity index (χ3v) is 8.37. The Bertz CT molecular complexity index is 1360. The third-order valence-electron chi connectivity index (χ3n) is 8.37. The second kappa shape index (κ2) is 10.1. The van der Waals surface area contributed by atoms with Crippen molar-refractivity contribution in [2.24, 2.45) is 18.9 Å². The topological polar surface area (TPSA) is 65.8 Å². The minimum absolute atomic E-state index is 0.0185. The summed E-state index contributed by atoms with van der Waals surface area (Å²) >= 11 is 0. The zero-order valence-corrected chi connectivity index (χ0v) is 21.3. The standard InChI is InChI=1S/C29H32F3N3O3/c1-33-14-9-22-19-24(7-8-25(22)26(33)36)34-15-10-20(11-16-34)21-12-17-35(18-13-21)27(37)28(38,29(30,31)32)23-5-3-2-4-6-23/h2-9,14,19-21,38H,10-13,15-18H2,1H3. The van der Waals surface area contributed by atoms with Crippen LogP contribution in [0.4, 0.5) is 18.9 Å². The van der Waals surface area contributed by atoms with Gasteiger partial charge < -0.3 is 19.5 Å². The molecule has 1 unspecified atom stereocenters. The number of aryl methyl sites for hydroxylation is 1. The quantitative estimate of drug-likeness (QED) is 0.545. The predicted octanol–water partition coefficient (Wildman–Crippen LogP) is 4.44. The second-order valence-corrected chi connectivity index (χ2v) is 10.5. The number of nitrogens with zero attached hydrogens (tertiary/aromatic N) is 3. The van der Waals surface area contributed by atoms with E-state index in [2.05, 4.69) is 11.0 Å². The van der Waals surface area contributed by atoms with Crippen molar-refractivity contribution < 1.29 is 23.1 Å². The normalized spacial score (nSPS) is 19.5. The van der Waals surface area contributed by atoms with Gasteiger partial charge in [-0.1, -0.05) is 30.3 Å². The van der Waals surface area contributed by atoms with E-state index in [1.54, 1.807) is 23.9 Å². The van der Waals surface area contributed by atoms with E-state index < -0.39 is 23.2 Å². The molecule has 202 valence electrons. The Morgan fingerprint density at radius 2 is 1.50 bits per heavy atom. The first-order valence-corrected chi connectivity index (χ1v) is 13.1. The summed E-state index contributed by atoms with van der Waals surface area (Å²) in [7, 11) is 1.74. The number of hydrogen-bond acceptors (Lipinski definition) is 4. The van der Waals surface area contributed by atoms with E-state index in [-0.39, 0.29) is 18.6 Å². The fraction of sp³-hybridized carbons (Fsp3) is 0.448. The van der Waals surface area contributed by atoms with Crippen molar-refractivity contribution in [1.82, 2.24) is 9.47 Å². The summed E-state index contributed by atoms with van der Waals surface area (Å²) in [6, 6.07) is 14.5. The molecule has 2 aliphatic rings. The first-order chi connectivity index (χ1) is 18.1. The SMILES string of the molecule is Cn1ccc2cc(N3CCC(C4CCN(C(=O)C(O)(c5ccccc5)C(F)(F)F)CC4)CC3)ccc2c1=O. The van der Waals surface area contributed by atoms with Gasteiger partial charge >= 0.3 is 6.18 Å². The van der Waals surface area contributed by atoms with E-state index in [1.165, 1.54) is 17.0 Å². The van der Waals surface area contributed by atoms with Crippen LogP contribution in [0.1, 0.15) is 31.2 Å². The van der Waals surface area contributed by atoms with Gasteiger partial charge in [0.2, 0.25) is 0 Å². The minimum atomic E-state index is -5.12. The number of fused-ring (bicyclic) bond motifs is 1. The highest BCUT2D eigenvalue weighted by Gasteiger charge is 2.62. The number of pyridine rings is 1. The highest BCUT2D eigenvalue weighted by molar-refractivity contribution is 5.87. The first kappa shape index (κ1) is 26.3. The van der Waals surface area contributed by atoms with Gasteiger partial charge in [0, 0.05) is 56.1 Å². The number of hydrogen-bond donors (Lipinski definition) is 1. The molecule has 0 radical (unpaired) electrons. The lowest BCUT2D eigenvalue weighted by atomic mass is 9.78. The number of piperidine rings is 2. The molecule has 9 heteroatoms. The highest BCUT2D eigenvalue weighted by atomic mass is 19.4. The highest BCUT2D eigenvalue weighted by Crippen LogP contribution is 2.42. The molecule has 3 heterocycles. The summed E-state index contributed by atoms with van der Waals surface area (Å²) in [4.78, 5) is 28.8. The van der Waals surface area contributed by atoms with Crippen LogP contribution in [0.2, 0.25) is 0 Å². The Labute approximate surface area is 219 Å². The summed E-state index contributed by atoms with van der Waals surface area (Å²) in [5.41, 5.74) is -2.94. The molecule has 5 rings (SSSR count). The molecule has 1 N–H and O–H groups in total. The van der Waals surface area contributed by atoms with Crippen molar-refractivity contribution in [3.63, 3.8) is 0 Å². The number of rotatable bonds is 4. The lowest BCUT2D eigenvalue weighted by Gasteiger charge is -2.42. The fourth-order valence-electron chi connectivity index (χ4n) is 6.05. The van der Waals surface area contributed by atoms with Crippen LogP contribution in [0.3, 0.4) is 0 Å². The molecule has 2 saturated heterocycles. The van der Waals surface area contributed by atoms with E-state index in [1.807, 2.05) is 18.2 Å². The van der Waals surface area contributed by atoms with Crippen LogP contribution in [0.5, 0.6) is 0 Å². The number of carbonyl (C=O) groups excluding carboxylic acids is 1. The predicted molar refractivity (Wildman–Crippen MR) is 140 cm³/mol. The largest absolute Gasteiger partial charge is 0.430 e. The number of aliphatic hydroxyl groups is 1. The summed E-state index contributed by atoms with van der Waals surface area (Å²) in [5.74, 6) is -0.529. The van der Waals surface area contributed by atoms with Crippen LogP contribution in [0, 0.1) is 11.8 Å². The van der Waals surface area contributed by atoms with Crippen molar-refractivity contribution in [3.05, 3.63) is 76.7 Å². The molecule has 1 amide bonds. The van der Waals surface area contributed by atoms with Crippen LogP contribution in [0.25, 0.3) is 10.8 Å². The van der Waals surface area contributed by atoms with Crippen molar-refractivity contribution in [3.8, 4) is 0 Å². The van der Waals surface area contributed by atoms with Gasteiger partial charge in [-0.15, -0.1) is 0 Å². The molecule has 3 aromatic rings. The third kappa shape index (κ3) is 4.68. The van der Waals surface area contributed by atoms with Crippen LogP contribution >= 0.6 is 0 Å². The van der Waals surface area contributed by atoms with Gasteiger partial charge in [0.25, 0.3) is 17.1 Å². The van der Waals surface area contributed by atoms with Crippen LogP contribution in [-0.2, 0) is 17.4 Å². The van der Waals surface area contributed by atoms with Crippen molar-refractivity contribution in [2.45, 2.75) is 37.5 Å². The van der Waals surface area contributed by atoms with E-state index in [0.29, 0.717) is 30.1 Å². The average Bonchev–Trinajstić information content (AvgIpc) is 2.94. The summed E-state index contributed by atoms with van der Waals surface area (Å²) < 4.78 is 43.4. The average molecular weight is 528 g/mol. The first-order valence-electron chi connectivity index (χ1n) is 13.1. The number of anilines is 1. The van der Waals surface area contributed by atoms with Gasteiger partial charge in [0.1, 0.15) is 0 Å². The Balaban J connectivity index is 1.20. The van der Waals surface area contributed by atoms with Crippen LogP contribution in [-0.4, -0.2) is 52.8 Å². The summed E-state index contributed by atoms with van der Waals surface area (Å²) in [6.45, 7) is 2.13. The van der Waals surface area contributed by atoms with E-state index in [9.17, 15) is 27.9 Å². The number of halogens is 3. The smallest absolute Gasteiger partial charge is 0.371 e. The zero-order valence-electron chi connectivity index (χ0n) is 21.3. The number of likely N-dealkylation sites (tertiary alicyclic amines) is 1. The molecule has 6 nitrogen and oxygen atoms in total. The van der Waals surface area contributed by atoms with Gasteiger partial charge in [-0.2, -0.15) is 13.2 Å². The minimum Gasteiger partial charge on any atom is -0.371 e. The molecule has 1 atom stereocenters. The Hall–Kier alpha value is -3.33. The Morgan fingerprint density at radius 1 is 0.895 bits per heavy atom. The summed E-state index contributed by atoms with van der Waals surface area (Å²) in [6.07, 6.45) is -0.178. The van der Waals surface area contributed by atoms with Crippen LogP contribution < -0.4 is 10.5 Å². The molecular weight excluding hydrogens is 495 g/mol. The molecule has 2 aromatic carbocycles. The van der Waals surface area contributed by atoms with E-state index in [4.69, 9.17) is 0 Å². The number of alkyl halides is 3. The molecule has 2 fully saturated rings. The Morgan fingerprint density at radius 3 is 2.11 bits per heavy atom. The Kier molecular flexibility index (Phi) is 6.98. The van der Waals surface area contributed by atoms with Gasteiger partial charge in [0.05, 0.1) is 0 Å². The number of amides is 1. The van der Waals surface area contributed by atoms with Gasteiger partial charge in [-0.05, 0) is 67.2 Å². The molecule has 0 spiro atoms. The van der Waals surface area contributed by atoms with Crippen LogP contribution in [0.15, 0.2) is 65.6 Å². The van der Waals surface area contributed by atoms with Gasteiger partial charge in [-0.25, -0.2) is 0 Å². The monoisotopic (exact) mass is 527 g/mol. The maximum absolute atomic E-state index is 13.9. The molecule has 38 heavy (non-hydrogen) atoms. The van der Waals surface area contributed by atoms with E-state index >= 15 is 0 Å². The number of benzene rings is 2. The second-order valence-electron chi connectivity index (χ2n) is 10.5. The number of carbonyl (C=O) groups is 1. The van der Waals surface area contributed by atoms with Crippen molar-refractivity contribution in [1.29, 1.82) is 0 Å². The molecule has 0 saturated carbocycles. The van der Waals surface area contributed by atoms with Crippen molar-refractivity contribution >= 4 is 22.4 Å². The fourth-order valence-corrected chi connectivity index (χ4v) is 6.05. The molecule has 2 aliphatic heterocycles. The molecule has 0 bridgehead atoms.